The number of hydrogen-bond donors (Lipinski definition) is 0. The van der Waals surface area contributed by atoms with Crippen molar-refractivity contribution in [2.75, 3.05) is 4.90 Å². The van der Waals surface area contributed by atoms with Crippen molar-refractivity contribution in [1.82, 2.24) is 0 Å². The molecule has 0 amide bonds. The third kappa shape index (κ3) is 5.74. The Hall–Kier alpha value is -6.74. The van der Waals surface area contributed by atoms with Gasteiger partial charge in [-0.3, -0.25) is 0 Å². The molecule has 0 radical (unpaired) electrons. The molecule has 0 saturated carbocycles. The Balaban J connectivity index is 1.26. The second-order valence-corrected chi connectivity index (χ2v) is 14.8. The van der Waals surface area contributed by atoms with Gasteiger partial charge in [-0.25, -0.2) is 0 Å². The molecule has 1 heterocycles. The van der Waals surface area contributed by atoms with Gasteiger partial charge >= 0.3 is 0 Å². The zero-order valence-corrected chi connectivity index (χ0v) is 30.4. The van der Waals surface area contributed by atoms with Crippen molar-refractivity contribution in [3.05, 3.63) is 212 Å². The van der Waals surface area contributed by atoms with Crippen LogP contribution >= 0.6 is 11.3 Å². The molecule has 0 aliphatic rings. The number of benzene rings is 9. The summed E-state index contributed by atoms with van der Waals surface area (Å²) in [4.78, 5) is 2.47. The van der Waals surface area contributed by atoms with E-state index in [4.69, 9.17) is 0 Å². The quantitative estimate of drug-likeness (QED) is 0.160. The number of nitrogens with zero attached hydrogens (tertiary/aromatic N) is 1. The average molecular weight is 706 g/mol. The molecule has 0 saturated heterocycles. The third-order valence-corrected chi connectivity index (χ3v) is 11.6. The first kappa shape index (κ1) is 32.0. The lowest BCUT2D eigenvalue weighted by Crippen LogP contribution is -2.12. The van der Waals surface area contributed by atoms with E-state index in [1.807, 2.05) is 11.3 Å². The molecule has 54 heavy (non-hydrogen) atoms. The van der Waals surface area contributed by atoms with E-state index in [9.17, 15) is 0 Å². The summed E-state index contributed by atoms with van der Waals surface area (Å²) in [5.41, 5.74) is 12.9. The number of thiophene rings is 1. The van der Waals surface area contributed by atoms with Crippen molar-refractivity contribution >= 4 is 59.3 Å². The largest absolute Gasteiger partial charge is 0.310 e. The molecule has 0 bridgehead atoms. The van der Waals surface area contributed by atoms with Crippen LogP contribution in [-0.4, -0.2) is 0 Å². The predicted octanol–water partition coefficient (Wildman–Crippen LogP) is 15.3. The molecule has 0 unspecified atom stereocenters. The number of anilines is 3. The molecule has 0 N–H and O–H groups in total. The lowest BCUT2D eigenvalue weighted by molar-refractivity contribution is 1.29. The van der Waals surface area contributed by atoms with Crippen molar-refractivity contribution in [3.8, 4) is 44.5 Å². The Morgan fingerprint density at radius 3 is 1.74 bits per heavy atom. The van der Waals surface area contributed by atoms with Gasteiger partial charge in [0.15, 0.2) is 0 Å². The highest BCUT2D eigenvalue weighted by Gasteiger charge is 2.23. The van der Waals surface area contributed by atoms with Crippen LogP contribution in [0.15, 0.2) is 212 Å². The first-order valence-corrected chi connectivity index (χ1v) is 19.2. The maximum Gasteiger partial charge on any atom is 0.0546 e. The molecule has 1 nitrogen and oxygen atoms in total. The zero-order chi connectivity index (χ0) is 35.8. The molecule has 0 atom stereocenters. The number of rotatable bonds is 7. The van der Waals surface area contributed by atoms with E-state index >= 15 is 0 Å². The van der Waals surface area contributed by atoms with Crippen molar-refractivity contribution in [2.24, 2.45) is 0 Å². The second-order valence-electron chi connectivity index (χ2n) is 13.7. The summed E-state index contributed by atoms with van der Waals surface area (Å²) in [5, 5.41) is 5.04. The Kier molecular flexibility index (Phi) is 8.09. The highest BCUT2D eigenvalue weighted by molar-refractivity contribution is 7.25. The van der Waals surface area contributed by atoms with E-state index < -0.39 is 0 Å². The molecule has 0 fully saturated rings. The first-order valence-electron chi connectivity index (χ1n) is 18.4. The first-order chi connectivity index (χ1) is 26.8. The van der Waals surface area contributed by atoms with Crippen molar-refractivity contribution < 1.29 is 0 Å². The molecule has 10 rings (SSSR count). The maximum absolute atomic E-state index is 2.47. The molecule has 0 spiro atoms. The third-order valence-electron chi connectivity index (χ3n) is 10.5. The van der Waals surface area contributed by atoms with E-state index in [1.54, 1.807) is 0 Å². The van der Waals surface area contributed by atoms with Crippen molar-refractivity contribution in [2.45, 2.75) is 0 Å². The summed E-state index contributed by atoms with van der Waals surface area (Å²) >= 11 is 1.86. The fourth-order valence-corrected chi connectivity index (χ4v) is 9.00. The van der Waals surface area contributed by atoms with Crippen molar-refractivity contribution in [3.63, 3.8) is 0 Å². The van der Waals surface area contributed by atoms with Crippen LogP contribution in [-0.2, 0) is 0 Å². The lowest BCUT2D eigenvalue weighted by Gasteiger charge is -2.30. The SMILES string of the molecule is c1ccc(-c2ccccc2-c2c(-c3ccccc3)cccc2N(c2cccc(-c3ccc4ccccc4c3)c2)c2ccc3sc4ccccc4c3c2)cc1. The second kappa shape index (κ2) is 13.7. The molecule has 254 valence electrons. The summed E-state index contributed by atoms with van der Waals surface area (Å²) in [7, 11) is 0. The summed E-state index contributed by atoms with van der Waals surface area (Å²) in [5.74, 6) is 0. The molecule has 0 aliphatic heterocycles. The number of fused-ring (bicyclic) bond motifs is 4. The van der Waals surface area contributed by atoms with Gasteiger partial charge in [-0.2, -0.15) is 0 Å². The topological polar surface area (TPSA) is 3.24 Å². The molecular formula is C52H35NS. The Morgan fingerprint density at radius 2 is 0.907 bits per heavy atom. The normalized spacial score (nSPS) is 11.3. The van der Waals surface area contributed by atoms with E-state index in [0.29, 0.717) is 0 Å². The monoisotopic (exact) mass is 705 g/mol. The Morgan fingerprint density at radius 1 is 0.315 bits per heavy atom. The minimum atomic E-state index is 1.10. The van der Waals surface area contributed by atoms with Gasteiger partial charge in [-0.15, -0.1) is 11.3 Å². The fourth-order valence-electron chi connectivity index (χ4n) is 7.91. The van der Waals surface area contributed by atoms with E-state index in [1.165, 1.54) is 75.5 Å². The fraction of sp³-hybridized carbons (Fsp3) is 0. The van der Waals surface area contributed by atoms with Gasteiger partial charge in [0.25, 0.3) is 0 Å². The molecule has 1 aromatic heterocycles. The minimum absolute atomic E-state index is 1.10. The highest BCUT2D eigenvalue weighted by atomic mass is 32.1. The maximum atomic E-state index is 2.47. The van der Waals surface area contributed by atoms with Crippen LogP contribution in [0.5, 0.6) is 0 Å². The van der Waals surface area contributed by atoms with E-state index in [2.05, 4.69) is 217 Å². The lowest BCUT2D eigenvalue weighted by atomic mass is 9.87. The average Bonchev–Trinajstić information content (AvgIpc) is 3.62. The van der Waals surface area contributed by atoms with Gasteiger partial charge in [0.1, 0.15) is 0 Å². The predicted molar refractivity (Wildman–Crippen MR) is 233 cm³/mol. The molecule has 9 aromatic carbocycles. The minimum Gasteiger partial charge on any atom is -0.310 e. The Labute approximate surface area is 319 Å². The van der Waals surface area contributed by atoms with Crippen LogP contribution in [0.4, 0.5) is 17.1 Å². The van der Waals surface area contributed by atoms with Crippen LogP contribution in [0.1, 0.15) is 0 Å². The number of hydrogen-bond acceptors (Lipinski definition) is 2. The van der Waals surface area contributed by atoms with Crippen LogP contribution in [0.2, 0.25) is 0 Å². The summed E-state index contributed by atoms with van der Waals surface area (Å²) in [6.45, 7) is 0. The van der Waals surface area contributed by atoms with E-state index in [-0.39, 0.29) is 0 Å². The van der Waals surface area contributed by atoms with Gasteiger partial charge in [0.2, 0.25) is 0 Å². The standard InChI is InChI=1S/C52H35NS/c1-3-16-37(17-4-1)44-23-9-10-25-47(44)52-45(38-18-5-2-6-19-38)26-14-27-49(52)53(43-31-32-51-48(35-43)46-24-11-12-28-50(46)54-51)42-22-13-21-40(34-42)41-30-29-36-15-7-8-20-39(36)33-41/h1-35H. The van der Waals surface area contributed by atoms with Crippen LogP contribution in [0, 0.1) is 0 Å². The van der Waals surface area contributed by atoms with Gasteiger partial charge < -0.3 is 4.90 Å². The molecule has 2 heteroatoms. The van der Waals surface area contributed by atoms with Gasteiger partial charge in [-0.1, -0.05) is 164 Å². The van der Waals surface area contributed by atoms with Crippen LogP contribution in [0.25, 0.3) is 75.5 Å². The van der Waals surface area contributed by atoms with Crippen LogP contribution < -0.4 is 4.90 Å². The Bertz CT molecular complexity index is 2940. The van der Waals surface area contributed by atoms with Gasteiger partial charge in [0.05, 0.1) is 5.69 Å². The molecule has 10 aromatic rings. The molecule has 0 aliphatic carbocycles. The van der Waals surface area contributed by atoms with Crippen molar-refractivity contribution in [1.29, 1.82) is 0 Å². The van der Waals surface area contributed by atoms with Gasteiger partial charge in [0, 0.05) is 37.1 Å². The van der Waals surface area contributed by atoms with Gasteiger partial charge in [-0.05, 0) is 98.2 Å². The summed E-state index contributed by atoms with van der Waals surface area (Å²) in [6.07, 6.45) is 0. The molecular weight excluding hydrogens is 671 g/mol. The smallest absolute Gasteiger partial charge is 0.0546 e. The zero-order valence-electron chi connectivity index (χ0n) is 29.6. The summed E-state index contributed by atoms with van der Waals surface area (Å²) in [6, 6.07) is 77.3. The van der Waals surface area contributed by atoms with E-state index in [0.717, 1.165) is 17.1 Å². The van der Waals surface area contributed by atoms with Crippen LogP contribution in [0.3, 0.4) is 0 Å². The summed E-state index contributed by atoms with van der Waals surface area (Å²) < 4.78 is 2.59. The highest BCUT2D eigenvalue weighted by Crippen LogP contribution is 2.49.